The number of nitrogens with zero attached hydrogens (tertiary/aromatic N) is 1. The minimum Gasteiger partial charge on any atom is -0.504 e. The van der Waals surface area contributed by atoms with Gasteiger partial charge in [-0.3, -0.25) is 4.79 Å². The highest BCUT2D eigenvalue weighted by atomic mass is 16.5. The maximum atomic E-state index is 11.8. The lowest BCUT2D eigenvalue weighted by molar-refractivity contribution is 0.0952. The van der Waals surface area contributed by atoms with Crippen LogP contribution in [0.2, 0.25) is 0 Å². The molecule has 0 bridgehead atoms. The van der Waals surface area contributed by atoms with Crippen LogP contribution in [0.3, 0.4) is 0 Å². The number of phenols is 1. The first kappa shape index (κ1) is 14.3. The van der Waals surface area contributed by atoms with Crippen molar-refractivity contribution in [1.29, 1.82) is 0 Å². The molecule has 100 valence electrons. The van der Waals surface area contributed by atoms with Crippen molar-refractivity contribution in [3.05, 3.63) is 23.8 Å². The Bertz CT molecular complexity index is 405. The lowest BCUT2D eigenvalue weighted by Crippen LogP contribution is -2.27. The number of ether oxygens (including phenoxy) is 1. The Morgan fingerprint density at radius 2 is 2.17 bits per heavy atom. The van der Waals surface area contributed by atoms with Crippen LogP contribution in [0.4, 0.5) is 0 Å². The second-order valence-electron chi connectivity index (χ2n) is 4.30. The Kier molecular flexibility index (Phi) is 5.45. The van der Waals surface area contributed by atoms with Crippen LogP contribution in [0.15, 0.2) is 18.2 Å². The summed E-state index contributed by atoms with van der Waals surface area (Å²) < 4.78 is 4.92. The van der Waals surface area contributed by atoms with Gasteiger partial charge >= 0.3 is 0 Å². The van der Waals surface area contributed by atoms with Gasteiger partial charge in [0.2, 0.25) is 0 Å². The van der Waals surface area contributed by atoms with Gasteiger partial charge in [-0.1, -0.05) is 0 Å². The number of hydrogen-bond acceptors (Lipinski definition) is 4. The van der Waals surface area contributed by atoms with Crippen molar-refractivity contribution < 1.29 is 14.6 Å². The van der Waals surface area contributed by atoms with Crippen LogP contribution < -0.4 is 10.1 Å². The van der Waals surface area contributed by atoms with Crippen LogP contribution in [0, 0.1) is 0 Å². The fourth-order valence-electron chi connectivity index (χ4n) is 1.53. The van der Waals surface area contributed by atoms with E-state index in [0.717, 1.165) is 13.0 Å². The van der Waals surface area contributed by atoms with Crippen LogP contribution in [0.5, 0.6) is 11.5 Å². The molecule has 0 aliphatic heterocycles. The summed E-state index contributed by atoms with van der Waals surface area (Å²) in [5, 5.41) is 12.4. The maximum absolute atomic E-state index is 11.8. The van der Waals surface area contributed by atoms with Crippen molar-refractivity contribution >= 4 is 5.91 Å². The lowest BCUT2D eigenvalue weighted by atomic mass is 10.2. The van der Waals surface area contributed by atoms with E-state index >= 15 is 0 Å². The van der Waals surface area contributed by atoms with Gasteiger partial charge in [-0.25, -0.2) is 0 Å². The van der Waals surface area contributed by atoms with Crippen LogP contribution in [0.25, 0.3) is 0 Å². The molecule has 0 saturated heterocycles. The number of carbonyl (C=O) groups excluding carboxylic acids is 1. The smallest absolute Gasteiger partial charge is 0.251 e. The zero-order valence-corrected chi connectivity index (χ0v) is 11.1. The third-order valence-electron chi connectivity index (χ3n) is 2.51. The van der Waals surface area contributed by atoms with Crippen LogP contribution in [-0.4, -0.2) is 50.2 Å². The molecular formula is C13H20N2O3. The number of aromatic hydroxyl groups is 1. The fraction of sp³-hybridized carbons (Fsp3) is 0.462. The molecule has 0 unspecified atom stereocenters. The molecule has 1 aromatic rings. The molecule has 5 nitrogen and oxygen atoms in total. The van der Waals surface area contributed by atoms with E-state index in [-0.39, 0.29) is 11.7 Å². The zero-order valence-electron chi connectivity index (χ0n) is 11.1. The monoisotopic (exact) mass is 252 g/mol. The molecule has 0 atom stereocenters. The van der Waals surface area contributed by atoms with Gasteiger partial charge in [-0.2, -0.15) is 0 Å². The van der Waals surface area contributed by atoms with E-state index in [4.69, 9.17) is 4.74 Å². The van der Waals surface area contributed by atoms with Gasteiger partial charge in [-0.05, 0) is 45.3 Å². The van der Waals surface area contributed by atoms with E-state index in [0.29, 0.717) is 17.9 Å². The van der Waals surface area contributed by atoms with E-state index in [2.05, 4.69) is 10.2 Å². The lowest BCUT2D eigenvalue weighted by Gasteiger charge is -2.10. The zero-order chi connectivity index (χ0) is 13.5. The summed E-state index contributed by atoms with van der Waals surface area (Å²) in [7, 11) is 5.45. The Hall–Kier alpha value is -1.75. The molecule has 1 aromatic carbocycles. The molecule has 1 rings (SSSR count). The quantitative estimate of drug-likeness (QED) is 0.744. The van der Waals surface area contributed by atoms with Gasteiger partial charge in [0.1, 0.15) is 0 Å². The van der Waals surface area contributed by atoms with Crippen molar-refractivity contribution in [3.63, 3.8) is 0 Å². The van der Waals surface area contributed by atoms with E-state index in [1.165, 1.54) is 13.2 Å². The normalized spacial score (nSPS) is 10.4. The molecule has 0 aliphatic rings. The van der Waals surface area contributed by atoms with Crippen LogP contribution in [0.1, 0.15) is 16.8 Å². The standard InChI is InChI=1S/C13H20N2O3/c1-15(2)8-4-7-14-13(17)10-5-6-12(18-3)11(16)9-10/h5-6,9,16H,4,7-8H2,1-3H3,(H,14,17). The summed E-state index contributed by atoms with van der Waals surface area (Å²) in [4.78, 5) is 13.8. The predicted octanol–water partition coefficient (Wildman–Crippen LogP) is 1.08. The summed E-state index contributed by atoms with van der Waals surface area (Å²) in [5.74, 6) is 0.143. The summed E-state index contributed by atoms with van der Waals surface area (Å²) in [6.07, 6.45) is 0.890. The van der Waals surface area contributed by atoms with Gasteiger partial charge in [0.05, 0.1) is 7.11 Å². The maximum Gasteiger partial charge on any atom is 0.251 e. The minimum absolute atomic E-state index is 0.0292. The number of phenolic OH excluding ortho intramolecular Hbond substituents is 1. The summed E-state index contributed by atoms with van der Waals surface area (Å²) in [5.41, 5.74) is 0.429. The number of nitrogens with one attached hydrogen (secondary N) is 1. The molecule has 2 N–H and O–H groups in total. The van der Waals surface area contributed by atoms with Gasteiger partial charge in [0.15, 0.2) is 11.5 Å². The van der Waals surface area contributed by atoms with E-state index in [1.807, 2.05) is 14.1 Å². The van der Waals surface area contributed by atoms with Crippen molar-refractivity contribution in [2.45, 2.75) is 6.42 Å². The highest BCUT2D eigenvalue weighted by Crippen LogP contribution is 2.25. The first-order valence-corrected chi connectivity index (χ1v) is 5.84. The highest BCUT2D eigenvalue weighted by molar-refractivity contribution is 5.94. The largest absolute Gasteiger partial charge is 0.504 e. The number of methoxy groups -OCH3 is 1. The Morgan fingerprint density at radius 1 is 1.44 bits per heavy atom. The van der Waals surface area contributed by atoms with Crippen LogP contribution >= 0.6 is 0 Å². The minimum atomic E-state index is -0.188. The molecule has 1 amide bonds. The molecule has 0 radical (unpaired) electrons. The molecule has 0 fully saturated rings. The average Bonchev–Trinajstić information content (AvgIpc) is 2.34. The average molecular weight is 252 g/mol. The summed E-state index contributed by atoms with van der Waals surface area (Å²) in [6, 6.07) is 4.60. The Morgan fingerprint density at radius 3 is 2.72 bits per heavy atom. The van der Waals surface area contributed by atoms with Crippen LogP contribution in [-0.2, 0) is 0 Å². The van der Waals surface area contributed by atoms with E-state index in [1.54, 1.807) is 12.1 Å². The second kappa shape index (κ2) is 6.86. The number of carbonyl (C=O) groups is 1. The summed E-state index contributed by atoms with van der Waals surface area (Å²) in [6.45, 7) is 1.54. The Labute approximate surface area is 107 Å². The fourth-order valence-corrected chi connectivity index (χ4v) is 1.53. The third-order valence-corrected chi connectivity index (χ3v) is 2.51. The summed E-state index contributed by atoms with van der Waals surface area (Å²) >= 11 is 0. The van der Waals surface area contributed by atoms with Gasteiger partial charge in [0, 0.05) is 12.1 Å². The molecule has 0 saturated carbocycles. The number of rotatable bonds is 6. The van der Waals surface area contributed by atoms with Crippen molar-refractivity contribution in [2.24, 2.45) is 0 Å². The van der Waals surface area contributed by atoms with Gasteiger partial charge in [0.25, 0.3) is 5.91 Å². The predicted molar refractivity (Wildman–Crippen MR) is 70.2 cm³/mol. The molecule has 5 heteroatoms. The molecule has 0 heterocycles. The molecule has 0 aromatic heterocycles. The van der Waals surface area contributed by atoms with Crippen molar-refractivity contribution in [3.8, 4) is 11.5 Å². The first-order chi connectivity index (χ1) is 8.54. The molecule has 0 spiro atoms. The van der Waals surface area contributed by atoms with Gasteiger partial charge < -0.3 is 20.1 Å². The third kappa shape index (κ3) is 4.25. The second-order valence-corrected chi connectivity index (χ2v) is 4.30. The van der Waals surface area contributed by atoms with Crippen molar-refractivity contribution in [2.75, 3.05) is 34.3 Å². The SMILES string of the molecule is COc1ccc(C(=O)NCCCN(C)C)cc1O. The molecule has 18 heavy (non-hydrogen) atoms. The Balaban J connectivity index is 2.49. The van der Waals surface area contributed by atoms with Crippen molar-refractivity contribution in [1.82, 2.24) is 10.2 Å². The van der Waals surface area contributed by atoms with E-state index in [9.17, 15) is 9.90 Å². The number of hydrogen-bond donors (Lipinski definition) is 2. The number of amides is 1. The van der Waals surface area contributed by atoms with Gasteiger partial charge in [-0.15, -0.1) is 0 Å². The topological polar surface area (TPSA) is 61.8 Å². The van der Waals surface area contributed by atoms with E-state index < -0.39 is 0 Å². The molecule has 0 aliphatic carbocycles. The number of benzene rings is 1. The molecular weight excluding hydrogens is 232 g/mol. The highest BCUT2D eigenvalue weighted by Gasteiger charge is 2.08. The first-order valence-electron chi connectivity index (χ1n) is 5.84.